The second-order valence-electron chi connectivity index (χ2n) is 4.53. The average Bonchev–Trinajstić information content (AvgIpc) is 2.81. The lowest BCUT2D eigenvalue weighted by Crippen LogP contribution is -2.43. The molecule has 0 aromatic heterocycles. The van der Waals surface area contributed by atoms with Gasteiger partial charge in [-0.05, 0) is 24.8 Å². The number of nitrogens with zero attached hydrogens (tertiary/aromatic N) is 1. The van der Waals surface area contributed by atoms with Crippen LogP contribution in [0.25, 0.3) is 0 Å². The van der Waals surface area contributed by atoms with Crippen LogP contribution in [-0.2, 0) is 9.47 Å². The van der Waals surface area contributed by atoms with Gasteiger partial charge in [-0.1, -0.05) is 0 Å². The van der Waals surface area contributed by atoms with Crippen molar-refractivity contribution in [2.24, 2.45) is 17.6 Å². The molecule has 15 heavy (non-hydrogen) atoms. The summed E-state index contributed by atoms with van der Waals surface area (Å²) in [6, 6.07) is 0. The first-order chi connectivity index (χ1) is 7.40. The van der Waals surface area contributed by atoms with Gasteiger partial charge in [0.15, 0.2) is 0 Å². The molecule has 0 saturated carbocycles. The van der Waals surface area contributed by atoms with Gasteiger partial charge in [0.1, 0.15) is 0 Å². The molecule has 4 heteroatoms. The highest BCUT2D eigenvalue weighted by molar-refractivity contribution is 4.78. The Balaban J connectivity index is 1.78. The Hall–Kier alpha value is -0.160. The van der Waals surface area contributed by atoms with Crippen LogP contribution in [0.15, 0.2) is 0 Å². The van der Waals surface area contributed by atoms with E-state index in [2.05, 4.69) is 4.90 Å². The second-order valence-corrected chi connectivity index (χ2v) is 4.53. The zero-order valence-electron chi connectivity index (χ0n) is 9.36. The van der Waals surface area contributed by atoms with Crippen LogP contribution in [0, 0.1) is 11.8 Å². The zero-order chi connectivity index (χ0) is 10.5. The lowest BCUT2D eigenvalue weighted by atomic mass is 9.91. The lowest BCUT2D eigenvalue weighted by Gasteiger charge is -2.32. The maximum Gasteiger partial charge on any atom is 0.0594 e. The lowest BCUT2D eigenvalue weighted by molar-refractivity contribution is 0.0258. The van der Waals surface area contributed by atoms with Gasteiger partial charge in [-0.2, -0.15) is 0 Å². The minimum Gasteiger partial charge on any atom is -0.381 e. The predicted octanol–water partition coefficient (Wildman–Crippen LogP) is -0.0700. The van der Waals surface area contributed by atoms with Crippen molar-refractivity contribution in [2.45, 2.75) is 6.42 Å². The first kappa shape index (κ1) is 11.3. The summed E-state index contributed by atoms with van der Waals surface area (Å²) in [7, 11) is 0. The third-order valence-corrected chi connectivity index (χ3v) is 3.53. The van der Waals surface area contributed by atoms with Gasteiger partial charge in [0, 0.05) is 32.8 Å². The van der Waals surface area contributed by atoms with Crippen molar-refractivity contribution in [1.29, 1.82) is 0 Å². The molecule has 2 saturated heterocycles. The van der Waals surface area contributed by atoms with E-state index < -0.39 is 0 Å². The molecule has 2 N–H and O–H groups in total. The maximum atomic E-state index is 5.86. The van der Waals surface area contributed by atoms with Gasteiger partial charge in [-0.3, -0.25) is 4.90 Å². The highest BCUT2D eigenvalue weighted by Gasteiger charge is 2.26. The van der Waals surface area contributed by atoms with E-state index in [0.29, 0.717) is 11.8 Å². The topological polar surface area (TPSA) is 47.7 Å². The smallest absolute Gasteiger partial charge is 0.0594 e. The Morgan fingerprint density at radius 3 is 2.60 bits per heavy atom. The third kappa shape index (κ3) is 3.14. The fraction of sp³-hybridized carbons (Fsp3) is 1.00. The van der Waals surface area contributed by atoms with E-state index in [9.17, 15) is 0 Å². The first-order valence-electron chi connectivity index (χ1n) is 5.98. The molecule has 4 nitrogen and oxygen atoms in total. The van der Waals surface area contributed by atoms with Crippen LogP contribution in [0.1, 0.15) is 6.42 Å². The summed E-state index contributed by atoms with van der Waals surface area (Å²) in [5, 5.41) is 0. The van der Waals surface area contributed by atoms with Gasteiger partial charge >= 0.3 is 0 Å². The van der Waals surface area contributed by atoms with Crippen molar-refractivity contribution in [1.82, 2.24) is 4.90 Å². The Morgan fingerprint density at radius 2 is 2.00 bits per heavy atom. The highest BCUT2D eigenvalue weighted by atomic mass is 16.5. The predicted molar refractivity (Wildman–Crippen MR) is 58.7 cm³/mol. The van der Waals surface area contributed by atoms with E-state index in [1.54, 1.807) is 0 Å². The molecule has 88 valence electrons. The molecule has 2 atom stereocenters. The van der Waals surface area contributed by atoms with Gasteiger partial charge in [-0.15, -0.1) is 0 Å². The highest BCUT2D eigenvalue weighted by Crippen LogP contribution is 2.22. The molecular formula is C11H22N2O2. The van der Waals surface area contributed by atoms with E-state index in [0.717, 1.165) is 52.6 Å². The average molecular weight is 214 g/mol. The number of hydrogen-bond donors (Lipinski definition) is 1. The van der Waals surface area contributed by atoms with E-state index in [-0.39, 0.29) is 0 Å². The Bertz CT molecular complexity index is 177. The van der Waals surface area contributed by atoms with Gasteiger partial charge in [0.25, 0.3) is 0 Å². The van der Waals surface area contributed by atoms with E-state index in [4.69, 9.17) is 15.2 Å². The summed E-state index contributed by atoms with van der Waals surface area (Å²) in [5.41, 5.74) is 5.86. The molecule has 0 amide bonds. The summed E-state index contributed by atoms with van der Waals surface area (Å²) in [5.74, 6) is 1.28. The number of rotatable bonds is 4. The van der Waals surface area contributed by atoms with E-state index in [1.165, 1.54) is 6.42 Å². The number of hydrogen-bond acceptors (Lipinski definition) is 4. The SMILES string of the molecule is NCC(CN1CCOCC1)C1CCOC1. The fourth-order valence-corrected chi connectivity index (χ4v) is 2.46. The van der Waals surface area contributed by atoms with Crippen molar-refractivity contribution in [2.75, 3.05) is 52.6 Å². The molecule has 2 aliphatic rings. The largest absolute Gasteiger partial charge is 0.381 e. The molecule has 2 aliphatic heterocycles. The van der Waals surface area contributed by atoms with Crippen LogP contribution >= 0.6 is 0 Å². The second kappa shape index (κ2) is 5.80. The minimum absolute atomic E-state index is 0.602. The van der Waals surface area contributed by atoms with Crippen molar-refractivity contribution in [3.8, 4) is 0 Å². The summed E-state index contributed by atoms with van der Waals surface area (Å²) < 4.78 is 10.8. The molecule has 0 bridgehead atoms. The number of morpholine rings is 1. The van der Waals surface area contributed by atoms with Crippen LogP contribution in [0.4, 0.5) is 0 Å². The Morgan fingerprint density at radius 1 is 1.20 bits per heavy atom. The normalized spacial score (nSPS) is 30.6. The van der Waals surface area contributed by atoms with Gasteiger partial charge in [0.05, 0.1) is 13.2 Å². The van der Waals surface area contributed by atoms with Crippen molar-refractivity contribution in [3.05, 3.63) is 0 Å². The molecule has 2 unspecified atom stereocenters. The molecule has 0 aromatic carbocycles. The van der Waals surface area contributed by atoms with Crippen molar-refractivity contribution < 1.29 is 9.47 Å². The Labute approximate surface area is 91.7 Å². The molecule has 2 heterocycles. The Kier molecular flexibility index (Phi) is 4.38. The number of ether oxygens (including phenoxy) is 2. The fourth-order valence-electron chi connectivity index (χ4n) is 2.46. The summed E-state index contributed by atoms with van der Waals surface area (Å²) in [6.45, 7) is 7.60. The standard InChI is InChI=1S/C11H22N2O2/c12-7-11(10-1-4-15-9-10)8-13-2-5-14-6-3-13/h10-11H,1-9,12H2. The summed E-state index contributed by atoms with van der Waals surface area (Å²) in [6.07, 6.45) is 1.19. The first-order valence-corrected chi connectivity index (χ1v) is 5.98. The van der Waals surface area contributed by atoms with E-state index in [1.807, 2.05) is 0 Å². The number of nitrogens with two attached hydrogens (primary N) is 1. The summed E-state index contributed by atoms with van der Waals surface area (Å²) >= 11 is 0. The monoisotopic (exact) mass is 214 g/mol. The maximum absolute atomic E-state index is 5.86. The minimum atomic E-state index is 0.602. The van der Waals surface area contributed by atoms with Crippen LogP contribution < -0.4 is 5.73 Å². The van der Waals surface area contributed by atoms with Crippen molar-refractivity contribution in [3.63, 3.8) is 0 Å². The van der Waals surface area contributed by atoms with Gasteiger partial charge < -0.3 is 15.2 Å². The molecule has 0 aliphatic carbocycles. The third-order valence-electron chi connectivity index (χ3n) is 3.53. The molecule has 0 spiro atoms. The van der Waals surface area contributed by atoms with Crippen molar-refractivity contribution >= 4 is 0 Å². The zero-order valence-corrected chi connectivity index (χ0v) is 9.36. The molecule has 2 rings (SSSR count). The molecule has 0 radical (unpaired) electrons. The van der Waals surface area contributed by atoms with Gasteiger partial charge in [0.2, 0.25) is 0 Å². The van der Waals surface area contributed by atoms with Gasteiger partial charge in [-0.25, -0.2) is 0 Å². The van der Waals surface area contributed by atoms with Crippen LogP contribution in [-0.4, -0.2) is 57.5 Å². The molecule has 2 fully saturated rings. The molecule has 0 aromatic rings. The van der Waals surface area contributed by atoms with Crippen LogP contribution in [0.3, 0.4) is 0 Å². The summed E-state index contributed by atoms with van der Waals surface area (Å²) in [4.78, 5) is 2.47. The van der Waals surface area contributed by atoms with Crippen LogP contribution in [0.5, 0.6) is 0 Å². The van der Waals surface area contributed by atoms with Crippen LogP contribution in [0.2, 0.25) is 0 Å². The molecular weight excluding hydrogens is 192 g/mol. The quantitative estimate of drug-likeness (QED) is 0.711. The van der Waals surface area contributed by atoms with E-state index >= 15 is 0 Å².